The number of likely N-dealkylation sites (N-methyl/N-ethyl adjacent to an activating group) is 1. The third-order valence-corrected chi connectivity index (χ3v) is 4.91. The first kappa shape index (κ1) is 16.6. The second-order valence-electron chi connectivity index (χ2n) is 6.13. The van der Waals surface area contributed by atoms with Gasteiger partial charge in [0.25, 0.3) is 0 Å². The Morgan fingerprint density at radius 1 is 1.08 bits per heavy atom. The minimum atomic E-state index is 0.0986. The summed E-state index contributed by atoms with van der Waals surface area (Å²) in [4.78, 5) is 20.7. The molecule has 124 valence electrons. The van der Waals surface area contributed by atoms with Gasteiger partial charge in [-0.05, 0) is 17.7 Å². The standard InChI is InChI=1S/C19H21N3OS/c1-21(2)12-13-22(18(23)14-15-8-4-3-5-9-15)19-20-16-10-6-7-11-17(16)24-19/h3-11H,12-14H2,1-2H3/p+1. The Bertz CT molecular complexity index is 781. The number of quaternary nitrogens is 1. The van der Waals surface area contributed by atoms with Crippen molar-refractivity contribution < 1.29 is 9.69 Å². The minimum Gasteiger partial charge on any atom is -0.338 e. The normalized spacial score (nSPS) is 11.1. The Morgan fingerprint density at radius 2 is 1.79 bits per heavy atom. The van der Waals surface area contributed by atoms with Gasteiger partial charge in [-0.3, -0.25) is 9.69 Å². The highest BCUT2D eigenvalue weighted by molar-refractivity contribution is 7.22. The second-order valence-corrected chi connectivity index (χ2v) is 7.14. The molecule has 0 saturated carbocycles. The molecule has 3 aromatic rings. The van der Waals surface area contributed by atoms with Crippen molar-refractivity contribution in [2.45, 2.75) is 6.42 Å². The van der Waals surface area contributed by atoms with Crippen LogP contribution < -0.4 is 9.80 Å². The molecule has 3 rings (SSSR count). The van der Waals surface area contributed by atoms with E-state index in [0.717, 1.165) is 27.5 Å². The highest BCUT2D eigenvalue weighted by atomic mass is 32.1. The summed E-state index contributed by atoms with van der Waals surface area (Å²) in [6, 6.07) is 17.9. The molecule has 0 spiro atoms. The summed E-state index contributed by atoms with van der Waals surface area (Å²) in [7, 11) is 4.19. The van der Waals surface area contributed by atoms with E-state index in [1.165, 1.54) is 4.90 Å². The molecule has 4 nitrogen and oxygen atoms in total. The monoisotopic (exact) mass is 340 g/mol. The first-order valence-electron chi connectivity index (χ1n) is 8.12. The average molecular weight is 340 g/mol. The lowest BCUT2D eigenvalue weighted by atomic mass is 10.1. The SMILES string of the molecule is C[NH+](C)CCN(C(=O)Cc1ccccc1)c1nc2ccccc2s1. The summed E-state index contributed by atoms with van der Waals surface area (Å²) in [5, 5.41) is 0.790. The van der Waals surface area contributed by atoms with Gasteiger partial charge in [0.2, 0.25) is 5.91 Å². The fraction of sp³-hybridized carbons (Fsp3) is 0.263. The van der Waals surface area contributed by atoms with Gasteiger partial charge in [-0.15, -0.1) is 0 Å². The summed E-state index contributed by atoms with van der Waals surface area (Å²) in [5.74, 6) is 0.0986. The van der Waals surface area contributed by atoms with Crippen molar-refractivity contribution in [1.82, 2.24) is 4.98 Å². The summed E-state index contributed by atoms with van der Waals surface area (Å²) >= 11 is 1.58. The molecule has 1 aromatic heterocycles. The predicted molar refractivity (Wildman–Crippen MR) is 99.8 cm³/mol. The van der Waals surface area contributed by atoms with Crippen LogP contribution in [0.4, 0.5) is 5.13 Å². The Kier molecular flexibility index (Phi) is 5.23. The summed E-state index contributed by atoms with van der Waals surface area (Å²) < 4.78 is 1.11. The molecule has 5 heteroatoms. The van der Waals surface area contributed by atoms with Crippen LogP contribution in [0.5, 0.6) is 0 Å². The third kappa shape index (κ3) is 3.99. The van der Waals surface area contributed by atoms with Gasteiger partial charge in [-0.1, -0.05) is 53.8 Å². The summed E-state index contributed by atoms with van der Waals surface area (Å²) in [6.07, 6.45) is 0.402. The number of nitrogens with zero attached hydrogens (tertiary/aromatic N) is 2. The smallest absolute Gasteiger partial charge is 0.233 e. The van der Waals surface area contributed by atoms with Gasteiger partial charge in [0.15, 0.2) is 5.13 Å². The maximum Gasteiger partial charge on any atom is 0.233 e. The molecule has 0 fully saturated rings. The molecule has 24 heavy (non-hydrogen) atoms. The van der Waals surface area contributed by atoms with E-state index in [9.17, 15) is 4.79 Å². The lowest BCUT2D eigenvalue weighted by Crippen LogP contribution is -3.06. The zero-order chi connectivity index (χ0) is 16.9. The van der Waals surface area contributed by atoms with Gasteiger partial charge in [-0.25, -0.2) is 4.98 Å². The molecule has 0 aliphatic rings. The summed E-state index contributed by atoms with van der Waals surface area (Å²) in [6.45, 7) is 1.56. The van der Waals surface area contributed by atoms with E-state index >= 15 is 0 Å². The van der Waals surface area contributed by atoms with Crippen LogP contribution >= 0.6 is 11.3 Å². The number of carbonyl (C=O) groups excluding carboxylic acids is 1. The van der Waals surface area contributed by atoms with E-state index < -0.39 is 0 Å². The molecule has 1 amide bonds. The van der Waals surface area contributed by atoms with Gasteiger partial charge >= 0.3 is 0 Å². The number of para-hydroxylation sites is 1. The van der Waals surface area contributed by atoms with E-state index in [-0.39, 0.29) is 5.91 Å². The third-order valence-electron chi connectivity index (χ3n) is 3.85. The molecular weight excluding hydrogens is 318 g/mol. The van der Waals surface area contributed by atoms with Crippen LogP contribution in [0.25, 0.3) is 10.2 Å². The average Bonchev–Trinajstić information content (AvgIpc) is 2.99. The van der Waals surface area contributed by atoms with Crippen molar-refractivity contribution in [2.75, 3.05) is 32.1 Å². The molecule has 0 aliphatic carbocycles. The molecule has 0 bridgehead atoms. The Morgan fingerprint density at radius 3 is 2.50 bits per heavy atom. The van der Waals surface area contributed by atoms with Crippen LogP contribution in [-0.4, -0.2) is 38.1 Å². The number of hydrogen-bond acceptors (Lipinski definition) is 3. The Balaban J connectivity index is 1.86. The number of thiazole rings is 1. The van der Waals surface area contributed by atoms with Gasteiger partial charge in [0.05, 0.1) is 43.8 Å². The first-order valence-corrected chi connectivity index (χ1v) is 8.94. The van der Waals surface area contributed by atoms with Crippen molar-refractivity contribution in [3.63, 3.8) is 0 Å². The molecular formula is C19H22N3OS+. The first-order chi connectivity index (χ1) is 11.6. The Labute approximate surface area is 146 Å². The number of amides is 1. The van der Waals surface area contributed by atoms with Crippen LogP contribution in [-0.2, 0) is 11.2 Å². The zero-order valence-electron chi connectivity index (χ0n) is 14.0. The van der Waals surface area contributed by atoms with Crippen molar-refractivity contribution in [3.8, 4) is 0 Å². The maximum absolute atomic E-state index is 12.9. The van der Waals surface area contributed by atoms with Crippen LogP contribution in [0, 0.1) is 0 Å². The van der Waals surface area contributed by atoms with E-state index in [2.05, 4.69) is 19.1 Å². The number of nitrogens with one attached hydrogen (secondary N) is 1. The van der Waals surface area contributed by atoms with Gasteiger partial charge in [0, 0.05) is 0 Å². The van der Waals surface area contributed by atoms with Crippen molar-refractivity contribution in [2.24, 2.45) is 0 Å². The van der Waals surface area contributed by atoms with Crippen LogP contribution in [0.15, 0.2) is 54.6 Å². The van der Waals surface area contributed by atoms with Crippen LogP contribution in [0.2, 0.25) is 0 Å². The molecule has 0 unspecified atom stereocenters. The Hall–Kier alpha value is -2.24. The van der Waals surface area contributed by atoms with Crippen molar-refractivity contribution >= 4 is 32.6 Å². The van der Waals surface area contributed by atoms with E-state index in [0.29, 0.717) is 13.0 Å². The van der Waals surface area contributed by atoms with E-state index in [1.807, 2.05) is 59.5 Å². The largest absolute Gasteiger partial charge is 0.338 e. The number of anilines is 1. The zero-order valence-corrected chi connectivity index (χ0v) is 14.8. The number of aromatic nitrogens is 1. The molecule has 1 heterocycles. The lowest BCUT2D eigenvalue weighted by molar-refractivity contribution is -0.856. The topological polar surface area (TPSA) is 37.6 Å². The number of benzene rings is 2. The highest BCUT2D eigenvalue weighted by Crippen LogP contribution is 2.28. The fourth-order valence-corrected chi connectivity index (χ4v) is 3.51. The minimum absolute atomic E-state index is 0.0986. The molecule has 1 N–H and O–H groups in total. The number of carbonyl (C=O) groups is 1. The highest BCUT2D eigenvalue weighted by Gasteiger charge is 2.20. The lowest BCUT2D eigenvalue weighted by Gasteiger charge is -2.20. The molecule has 0 aliphatic heterocycles. The number of fused-ring (bicyclic) bond motifs is 1. The molecule has 2 aromatic carbocycles. The number of hydrogen-bond donors (Lipinski definition) is 1. The van der Waals surface area contributed by atoms with Crippen molar-refractivity contribution in [1.29, 1.82) is 0 Å². The molecule has 0 saturated heterocycles. The fourth-order valence-electron chi connectivity index (χ4n) is 2.50. The second kappa shape index (κ2) is 7.55. The summed E-state index contributed by atoms with van der Waals surface area (Å²) in [5.41, 5.74) is 1.98. The van der Waals surface area contributed by atoms with Gasteiger partial charge in [-0.2, -0.15) is 0 Å². The van der Waals surface area contributed by atoms with Gasteiger partial charge in [0.1, 0.15) is 0 Å². The predicted octanol–water partition coefficient (Wildman–Crippen LogP) is 2.02. The maximum atomic E-state index is 12.9. The van der Waals surface area contributed by atoms with E-state index in [4.69, 9.17) is 0 Å². The quantitative estimate of drug-likeness (QED) is 0.745. The van der Waals surface area contributed by atoms with Crippen LogP contribution in [0.3, 0.4) is 0 Å². The number of rotatable bonds is 6. The van der Waals surface area contributed by atoms with E-state index in [1.54, 1.807) is 11.3 Å². The van der Waals surface area contributed by atoms with Crippen LogP contribution in [0.1, 0.15) is 5.56 Å². The van der Waals surface area contributed by atoms with Gasteiger partial charge < -0.3 is 4.90 Å². The molecule has 0 atom stereocenters. The van der Waals surface area contributed by atoms with Crippen molar-refractivity contribution in [3.05, 3.63) is 60.2 Å². The molecule has 0 radical (unpaired) electrons.